The van der Waals surface area contributed by atoms with Crippen LogP contribution in [0.5, 0.6) is 0 Å². The van der Waals surface area contributed by atoms with Crippen LogP contribution in [0.1, 0.15) is 11.1 Å². The maximum atomic E-state index is 7.03. The van der Waals surface area contributed by atoms with Crippen LogP contribution in [-0.2, 0) is 6.42 Å². The maximum Gasteiger partial charge on any atom is 0.144 e. The van der Waals surface area contributed by atoms with Crippen LogP contribution in [-0.4, -0.2) is 0 Å². The van der Waals surface area contributed by atoms with Gasteiger partial charge in [-0.05, 0) is 146 Å². The summed E-state index contributed by atoms with van der Waals surface area (Å²) in [6.07, 6.45) is 0.773. The molecule has 5 aromatic heterocycles. The van der Waals surface area contributed by atoms with Gasteiger partial charge in [-0.2, -0.15) is 0 Å². The van der Waals surface area contributed by atoms with Gasteiger partial charge in [0.05, 0.1) is 0 Å². The van der Waals surface area contributed by atoms with Crippen molar-refractivity contribution in [2.24, 2.45) is 0 Å². The summed E-state index contributed by atoms with van der Waals surface area (Å²) in [7, 11) is 0. The first-order valence-electron chi connectivity index (χ1n) is 23.2. The van der Waals surface area contributed by atoms with Gasteiger partial charge in [-0.1, -0.05) is 97.1 Å². The summed E-state index contributed by atoms with van der Waals surface area (Å²) in [5, 5.41) is 15.6. The molecule has 1 aliphatic carbocycles. The van der Waals surface area contributed by atoms with E-state index < -0.39 is 0 Å². The Morgan fingerprint density at radius 1 is 0.265 bits per heavy atom. The Morgan fingerprint density at radius 2 is 0.750 bits per heavy atom. The molecular weight excluding hydrogens is 837 g/mol. The average Bonchev–Trinajstić information content (AvgIpc) is 4.23. The second-order valence-corrected chi connectivity index (χ2v) is 18.7. The second kappa shape index (κ2) is 12.4. The van der Waals surface area contributed by atoms with Crippen molar-refractivity contribution in [3.05, 3.63) is 193 Å². The summed E-state index contributed by atoms with van der Waals surface area (Å²) in [6.45, 7) is 0. The molecule has 0 aliphatic heterocycles. The number of benzene rings is 11. The summed E-state index contributed by atoms with van der Waals surface area (Å²) in [6, 6.07) is 64.6. The standard InChI is InChI=1S/C63H32O5/c1-3-11-34-26-54-47(22-32(34)9-1)40-19-17-36(28-52(40)64-54)45-25-39-21-38-24-49-56(30-44(38)58(39)60-42-13-5-7-15-50(42)67-62(45)60)66-57-31-46(63-61(59(49)57)43-14-6-8-16-51(43)68-63)37-18-20-41-48-23-33-10-2-4-12-35(33)27-55(48)65-53(41)29-37/h1-20,22-31H,21H2. The molecule has 1 aliphatic rings. The van der Waals surface area contributed by atoms with Crippen molar-refractivity contribution >= 4 is 131 Å². The van der Waals surface area contributed by atoms with Gasteiger partial charge in [0, 0.05) is 65.0 Å². The molecule has 0 saturated carbocycles. The normalized spacial score (nSPS) is 12.9. The van der Waals surface area contributed by atoms with E-state index in [1.165, 1.54) is 38.4 Å². The van der Waals surface area contributed by atoms with E-state index in [0.29, 0.717) is 0 Å². The van der Waals surface area contributed by atoms with Crippen molar-refractivity contribution < 1.29 is 22.1 Å². The number of hydrogen-bond donors (Lipinski definition) is 0. The molecule has 0 radical (unpaired) electrons. The third kappa shape index (κ3) is 4.59. The fourth-order valence-corrected chi connectivity index (χ4v) is 11.9. The molecule has 0 N–H and O–H groups in total. The topological polar surface area (TPSA) is 65.7 Å². The zero-order valence-corrected chi connectivity index (χ0v) is 36.1. The molecule has 0 spiro atoms. The van der Waals surface area contributed by atoms with Gasteiger partial charge in [0.2, 0.25) is 0 Å². The number of furan rings is 5. The highest BCUT2D eigenvalue weighted by Crippen LogP contribution is 2.52. The summed E-state index contributed by atoms with van der Waals surface area (Å²) in [5.41, 5.74) is 17.5. The van der Waals surface area contributed by atoms with Gasteiger partial charge >= 0.3 is 0 Å². The molecule has 0 unspecified atom stereocenters. The summed E-state index contributed by atoms with van der Waals surface area (Å²) >= 11 is 0. The minimum atomic E-state index is 0.773. The first kappa shape index (κ1) is 35.2. The van der Waals surface area contributed by atoms with E-state index in [0.717, 1.165) is 144 Å². The first-order valence-corrected chi connectivity index (χ1v) is 23.2. The molecule has 68 heavy (non-hydrogen) atoms. The third-order valence-corrected chi connectivity index (χ3v) is 15.0. The highest BCUT2D eigenvalue weighted by Gasteiger charge is 2.30. The third-order valence-electron chi connectivity index (χ3n) is 15.0. The van der Waals surface area contributed by atoms with Crippen LogP contribution in [0.25, 0.3) is 165 Å². The lowest BCUT2D eigenvalue weighted by Gasteiger charge is -2.09. The number of rotatable bonds is 2. The molecular formula is C63H32O5. The van der Waals surface area contributed by atoms with Crippen LogP contribution < -0.4 is 0 Å². The SMILES string of the molecule is c1ccc2cc3c(cc2c1)oc1cc(-c2cc4c(c5c2oc2ccccc25)-c2cc5oc6cc(-c7ccc8c(c7)oc7cc9ccccc9cc78)c7oc8ccccc8c7c6c5cc2C4)ccc13. The highest BCUT2D eigenvalue weighted by atomic mass is 16.3. The molecule has 11 aromatic carbocycles. The summed E-state index contributed by atoms with van der Waals surface area (Å²) in [5.74, 6) is 0. The van der Waals surface area contributed by atoms with Crippen molar-refractivity contribution in [3.8, 4) is 33.4 Å². The van der Waals surface area contributed by atoms with Crippen LogP contribution >= 0.6 is 0 Å². The van der Waals surface area contributed by atoms with Gasteiger partial charge in [-0.15, -0.1) is 0 Å². The summed E-state index contributed by atoms with van der Waals surface area (Å²) in [4.78, 5) is 0. The predicted octanol–water partition coefficient (Wildman–Crippen LogP) is 18.4. The highest BCUT2D eigenvalue weighted by molar-refractivity contribution is 6.29. The van der Waals surface area contributed by atoms with Crippen molar-refractivity contribution in [2.45, 2.75) is 6.42 Å². The zero-order chi connectivity index (χ0) is 43.9. The van der Waals surface area contributed by atoms with Gasteiger partial charge in [-0.3, -0.25) is 0 Å². The van der Waals surface area contributed by atoms with Crippen LogP contribution in [0.15, 0.2) is 204 Å². The maximum absolute atomic E-state index is 7.03. The Labute approximate surface area is 384 Å². The number of fused-ring (bicyclic) bond motifs is 22. The first-order chi connectivity index (χ1) is 33.6. The Hall–Kier alpha value is -9.06. The molecule has 0 saturated heterocycles. The minimum Gasteiger partial charge on any atom is -0.456 e. The molecule has 0 atom stereocenters. The fraction of sp³-hybridized carbons (Fsp3) is 0.0159. The fourth-order valence-electron chi connectivity index (χ4n) is 11.9. The predicted molar refractivity (Wildman–Crippen MR) is 277 cm³/mol. The Morgan fingerprint density at radius 3 is 1.38 bits per heavy atom. The molecule has 16 aromatic rings. The second-order valence-electron chi connectivity index (χ2n) is 18.7. The van der Waals surface area contributed by atoms with Gasteiger partial charge in [0.1, 0.15) is 55.8 Å². The lowest BCUT2D eigenvalue weighted by Crippen LogP contribution is -1.86. The Kier molecular flexibility index (Phi) is 6.44. The van der Waals surface area contributed by atoms with E-state index in [1.807, 2.05) is 12.1 Å². The average molecular weight is 869 g/mol. The van der Waals surface area contributed by atoms with Crippen LogP contribution in [0, 0.1) is 0 Å². The van der Waals surface area contributed by atoms with E-state index in [2.05, 4.69) is 170 Å². The molecule has 0 bridgehead atoms. The van der Waals surface area contributed by atoms with Gasteiger partial charge in [0.15, 0.2) is 0 Å². The minimum absolute atomic E-state index is 0.773. The monoisotopic (exact) mass is 868 g/mol. The summed E-state index contributed by atoms with van der Waals surface area (Å²) < 4.78 is 33.9. The van der Waals surface area contributed by atoms with Crippen LogP contribution in [0.4, 0.5) is 0 Å². The molecule has 5 heteroatoms. The van der Waals surface area contributed by atoms with Gasteiger partial charge < -0.3 is 22.1 Å². The molecule has 0 fully saturated rings. The number of hydrogen-bond acceptors (Lipinski definition) is 5. The molecule has 5 heterocycles. The molecule has 17 rings (SSSR count). The largest absolute Gasteiger partial charge is 0.456 e. The Balaban J connectivity index is 0.866. The Bertz CT molecular complexity index is 4950. The smallest absolute Gasteiger partial charge is 0.144 e. The van der Waals surface area contributed by atoms with Gasteiger partial charge in [-0.25, -0.2) is 0 Å². The van der Waals surface area contributed by atoms with E-state index in [-0.39, 0.29) is 0 Å². The van der Waals surface area contributed by atoms with Crippen molar-refractivity contribution in [1.82, 2.24) is 0 Å². The van der Waals surface area contributed by atoms with Crippen molar-refractivity contribution in [3.63, 3.8) is 0 Å². The zero-order valence-electron chi connectivity index (χ0n) is 36.1. The number of para-hydroxylation sites is 2. The van der Waals surface area contributed by atoms with E-state index in [4.69, 9.17) is 22.1 Å². The van der Waals surface area contributed by atoms with Crippen molar-refractivity contribution in [2.75, 3.05) is 0 Å². The molecule has 0 amide bonds. The lowest BCUT2D eigenvalue weighted by atomic mass is 9.93. The quantitative estimate of drug-likeness (QED) is 0.173. The van der Waals surface area contributed by atoms with E-state index in [1.54, 1.807) is 0 Å². The van der Waals surface area contributed by atoms with Crippen LogP contribution in [0.2, 0.25) is 0 Å². The molecule has 5 nitrogen and oxygen atoms in total. The van der Waals surface area contributed by atoms with E-state index >= 15 is 0 Å². The van der Waals surface area contributed by atoms with E-state index in [9.17, 15) is 0 Å². The van der Waals surface area contributed by atoms with Crippen LogP contribution in [0.3, 0.4) is 0 Å². The lowest BCUT2D eigenvalue weighted by molar-refractivity contribution is 0.663. The van der Waals surface area contributed by atoms with Gasteiger partial charge in [0.25, 0.3) is 0 Å². The van der Waals surface area contributed by atoms with Crippen molar-refractivity contribution in [1.29, 1.82) is 0 Å². The molecule has 314 valence electrons.